The molecular formula is C21H26N2O4S. The molecule has 1 unspecified atom stereocenters. The molecule has 150 valence electrons. The van der Waals surface area contributed by atoms with Gasteiger partial charge in [0.2, 0.25) is 5.91 Å². The van der Waals surface area contributed by atoms with Gasteiger partial charge in [0.05, 0.1) is 11.0 Å². The molecule has 1 fully saturated rings. The Morgan fingerprint density at radius 3 is 2.39 bits per heavy atom. The molecule has 7 heteroatoms. The molecule has 1 saturated heterocycles. The Kier molecular flexibility index (Phi) is 6.36. The number of carbonyl (C=O) groups is 1. The maximum atomic E-state index is 12.2. The van der Waals surface area contributed by atoms with Crippen molar-refractivity contribution in [2.24, 2.45) is 0 Å². The fourth-order valence-corrected chi connectivity index (χ4v) is 3.93. The number of carbonyl (C=O) groups excluding carboxylic acids is 1. The summed E-state index contributed by atoms with van der Waals surface area (Å²) in [4.78, 5) is 14.8. The molecular weight excluding hydrogens is 376 g/mol. The number of ether oxygens (including phenoxy) is 1. The lowest BCUT2D eigenvalue weighted by Crippen LogP contribution is -2.22. The third kappa shape index (κ3) is 5.33. The fourth-order valence-electron chi connectivity index (χ4n) is 3.30. The Morgan fingerprint density at radius 1 is 1.14 bits per heavy atom. The lowest BCUT2D eigenvalue weighted by molar-refractivity contribution is -0.116. The Morgan fingerprint density at radius 2 is 1.82 bits per heavy atom. The molecule has 6 nitrogen and oxygen atoms in total. The van der Waals surface area contributed by atoms with Gasteiger partial charge < -0.3 is 15.0 Å². The molecule has 0 bridgehead atoms. The van der Waals surface area contributed by atoms with E-state index < -0.39 is 9.84 Å². The van der Waals surface area contributed by atoms with Crippen molar-refractivity contribution < 1.29 is 17.9 Å². The van der Waals surface area contributed by atoms with Gasteiger partial charge in [-0.1, -0.05) is 12.1 Å². The highest BCUT2D eigenvalue weighted by atomic mass is 32.2. The average molecular weight is 403 g/mol. The maximum absolute atomic E-state index is 12.2. The topological polar surface area (TPSA) is 75.7 Å². The Labute approximate surface area is 166 Å². The number of amides is 1. The zero-order valence-corrected chi connectivity index (χ0v) is 17.0. The first-order valence-electron chi connectivity index (χ1n) is 9.32. The van der Waals surface area contributed by atoms with Crippen LogP contribution < -0.4 is 10.2 Å². The summed E-state index contributed by atoms with van der Waals surface area (Å²) in [6, 6.07) is 14.5. The van der Waals surface area contributed by atoms with E-state index in [9.17, 15) is 13.2 Å². The minimum absolute atomic E-state index is 0.0689. The van der Waals surface area contributed by atoms with Crippen LogP contribution in [0.3, 0.4) is 0 Å². The quantitative estimate of drug-likeness (QED) is 0.771. The lowest BCUT2D eigenvalue weighted by Gasteiger charge is -2.18. The fraction of sp³-hybridized carbons (Fsp3) is 0.381. The normalized spacial score (nSPS) is 16.9. The molecule has 1 amide bonds. The number of rotatable bonds is 7. The summed E-state index contributed by atoms with van der Waals surface area (Å²) in [5.74, 6) is -0.0689. The van der Waals surface area contributed by atoms with E-state index in [0.717, 1.165) is 36.4 Å². The van der Waals surface area contributed by atoms with Crippen LogP contribution in [0.5, 0.6) is 0 Å². The standard InChI is InChI=1S/C21H26N2O4S/c1-27-19-13-14-23(15-19)18-8-6-17(7-9-18)22-21(24)12-5-16-3-10-20(11-4-16)28(2,25)26/h3-4,6-11,19H,5,12-15H2,1-2H3,(H,22,24). The summed E-state index contributed by atoms with van der Waals surface area (Å²) >= 11 is 0. The van der Waals surface area contributed by atoms with Crippen LogP contribution in [0.25, 0.3) is 0 Å². The number of sulfone groups is 1. The monoisotopic (exact) mass is 402 g/mol. The molecule has 0 saturated carbocycles. The van der Waals surface area contributed by atoms with Crippen molar-refractivity contribution in [3.63, 3.8) is 0 Å². The van der Waals surface area contributed by atoms with E-state index in [1.54, 1.807) is 31.4 Å². The van der Waals surface area contributed by atoms with Gasteiger partial charge in [-0.2, -0.15) is 0 Å². The van der Waals surface area contributed by atoms with E-state index in [-0.39, 0.29) is 16.9 Å². The first-order chi connectivity index (χ1) is 13.3. The summed E-state index contributed by atoms with van der Waals surface area (Å²) < 4.78 is 28.4. The Balaban J connectivity index is 1.49. The summed E-state index contributed by atoms with van der Waals surface area (Å²) in [5, 5.41) is 2.91. The van der Waals surface area contributed by atoms with Gasteiger partial charge in [0.15, 0.2) is 9.84 Å². The number of anilines is 2. The van der Waals surface area contributed by atoms with Crippen molar-refractivity contribution in [3.8, 4) is 0 Å². The number of hydrogen-bond donors (Lipinski definition) is 1. The van der Waals surface area contributed by atoms with Crippen LogP contribution in [0, 0.1) is 0 Å². The summed E-state index contributed by atoms with van der Waals surface area (Å²) in [7, 11) is -1.45. The second-order valence-corrected chi connectivity index (χ2v) is 9.12. The third-order valence-corrected chi connectivity index (χ3v) is 6.12. The van der Waals surface area contributed by atoms with Crippen molar-refractivity contribution in [1.29, 1.82) is 0 Å². The van der Waals surface area contributed by atoms with E-state index in [2.05, 4.69) is 10.2 Å². The largest absolute Gasteiger partial charge is 0.380 e. The molecule has 1 aliphatic rings. The highest BCUT2D eigenvalue weighted by molar-refractivity contribution is 7.90. The van der Waals surface area contributed by atoms with Gasteiger partial charge in [0, 0.05) is 44.3 Å². The zero-order valence-electron chi connectivity index (χ0n) is 16.2. The lowest BCUT2D eigenvalue weighted by atomic mass is 10.1. The highest BCUT2D eigenvalue weighted by Gasteiger charge is 2.22. The molecule has 0 spiro atoms. The Hall–Kier alpha value is -2.38. The molecule has 0 aromatic heterocycles. The number of benzene rings is 2. The van der Waals surface area contributed by atoms with Gasteiger partial charge in [-0.3, -0.25) is 4.79 Å². The minimum atomic E-state index is -3.20. The summed E-state index contributed by atoms with van der Waals surface area (Å²) in [6.07, 6.45) is 3.38. The van der Waals surface area contributed by atoms with Gasteiger partial charge >= 0.3 is 0 Å². The number of aryl methyl sites for hydroxylation is 1. The van der Waals surface area contributed by atoms with E-state index in [1.165, 1.54) is 6.26 Å². The predicted octanol–water partition coefficient (Wildman–Crippen LogP) is 2.89. The van der Waals surface area contributed by atoms with E-state index in [1.807, 2.05) is 24.3 Å². The zero-order chi connectivity index (χ0) is 20.1. The molecule has 2 aromatic rings. The van der Waals surface area contributed by atoms with Crippen LogP contribution >= 0.6 is 0 Å². The van der Waals surface area contributed by atoms with Crippen LogP contribution in [-0.2, 0) is 25.8 Å². The molecule has 28 heavy (non-hydrogen) atoms. The number of nitrogens with zero attached hydrogens (tertiary/aromatic N) is 1. The van der Waals surface area contributed by atoms with Crippen LogP contribution in [0.1, 0.15) is 18.4 Å². The van der Waals surface area contributed by atoms with Crippen LogP contribution in [-0.4, -0.2) is 46.9 Å². The molecule has 0 aliphatic carbocycles. The average Bonchev–Trinajstić information content (AvgIpc) is 3.16. The van der Waals surface area contributed by atoms with E-state index >= 15 is 0 Å². The highest BCUT2D eigenvalue weighted by Crippen LogP contribution is 2.23. The number of hydrogen-bond acceptors (Lipinski definition) is 5. The second-order valence-electron chi connectivity index (χ2n) is 7.10. The molecule has 0 radical (unpaired) electrons. The summed E-state index contributed by atoms with van der Waals surface area (Å²) in [5.41, 5.74) is 2.83. The van der Waals surface area contributed by atoms with Gasteiger partial charge in [0.25, 0.3) is 0 Å². The van der Waals surface area contributed by atoms with E-state index in [0.29, 0.717) is 12.8 Å². The first-order valence-corrected chi connectivity index (χ1v) is 11.2. The summed E-state index contributed by atoms with van der Waals surface area (Å²) in [6.45, 7) is 1.86. The predicted molar refractivity (Wildman–Crippen MR) is 111 cm³/mol. The number of methoxy groups -OCH3 is 1. The van der Waals surface area contributed by atoms with Crippen molar-refractivity contribution in [1.82, 2.24) is 0 Å². The second kappa shape index (κ2) is 8.75. The molecule has 3 rings (SSSR count). The van der Waals surface area contributed by atoms with Crippen molar-refractivity contribution >= 4 is 27.1 Å². The maximum Gasteiger partial charge on any atom is 0.224 e. The smallest absolute Gasteiger partial charge is 0.224 e. The molecule has 1 heterocycles. The number of nitrogens with one attached hydrogen (secondary N) is 1. The molecule has 1 atom stereocenters. The van der Waals surface area contributed by atoms with E-state index in [4.69, 9.17) is 4.74 Å². The van der Waals surface area contributed by atoms with Crippen molar-refractivity contribution in [3.05, 3.63) is 54.1 Å². The van der Waals surface area contributed by atoms with Crippen LogP contribution in [0.15, 0.2) is 53.4 Å². The van der Waals surface area contributed by atoms with Gasteiger partial charge in [-0.25, -0.2) is 8.42 Å². The molecule has 2 aromatic carbocycles. The Bertz CT molecular complexity index is 908. The minimum Gasteiger partial charge on any atom is -0.380 e. The first kappa shape index (κ1) is 20.4. The molecule has 1 N–H and O–H groups in total. The molecule has 1 aliphatic heterocycles. The third-order valence-electron chi connectivity index (χ3n) is 4.99. The van der Waals surface area contributed by atoms with Crippen LogP contribution in [0.4, 0.5) is 11.4 Å². The van der Waals surface area contributed by atoms with Gasteiger partial charge in [0.1, 0.15) is 0 Å². The SMILES string of the molecule is COC1CCN(c2ccc(NC(=O)CCc3ccc(S(C)(=O)=O)cc3)cc2)C1. The van der Waals surface area contributed by atoms with Gasteiger partial charge in [-0.15, -0.1) is 0 Å². The van der Waals surface area contributed by atoms with Gasteiger partial charge in [-0.05, 0) is 54.8 Å². The van der Waals surface area contributed by atoms with Crippen molar-refractivity contribution in [2.45, 2.75) is 30.3 Å². The van der Waals surface area contributed by atoms with Crippen LogP contribution in [0.2, 0.25) is 0 Å². The van der Waals surface area contributed by atoms with Crippen molar-refractivity contribution in [2.75, 3.05) is 36.7 Å².